The molecule has 5 heteroatoms. The van der Waals surface area contributed by atoms with Crippen LogP contribution in [0.2, 0.25) is 0 Å². The number of hydrogen-bond donors (Lipinski definition) is 2. The van der Waals surface area contributed by atoms with Crippen molar-refractivity contribution in [2.24, 2.45) is 0 Å². The largest absolute Gasteiger partial charge is 0.447 e. The molecule has 0 amide bonds. The van der Waals surface area contributed by atoms with Crippen molar-refractivity contribution < 1.29 is 14.3 Å². The molecule has 0 saturated heterocycles. The number of allylic oxidation sites excluding steroid dienone is 9. The van der Waals surface area contributed by atoms with Crippen LogP contribution in [0.15, 0.2) is 126 Å². The summed E-state index contributed by atoms with van der Waals surface area (Å²) in [6, 6.07) is 13.3. The standard InChI is InChI=1S/C35H30N2O3/c1-2-32-30(20-13-23-36-25-14-7-4-3-5-8-15-25)35(29-19-12-11-18-28(29)34(38)40-35)31-22-21-27(24-33(31)39-32)37-26-16-9-6-10-17-26/h1,4,7-9,11-22,24,36-37H,3,5-6,10,23H2/b7-4-,15-8?,20-13-,25-14?. The average Bonchev–Trinajstić information content (AvgIpc) is 3.25. The number of nitrogens with one attached hydrogen (secondary N) is 2. The lowest BCUT2D eigenvalue weighted by atomic mass is 9.77. The maximum absolute atomic E-state index is 13.2. The highest BCUT2D eigenvalue weighted by Crippen LogP contribution is 2.54. The second-order valence-corrected chi connectivity index (χ2v) is 9.89. The minimum absolute atomic E-state index is 0.315. The van der Waals surface area contributed by atoms with E-state index in [1.165, 1.54) is 0 Å². The third-order valence-electron chi connectivity index (χ3n) is 7.30. The first-order chi connectivity index (χ1) is 19.7. The summed E-state index contributed by atoms with van der Waals surface area (Å²) in [6.07, 6.45) is 30.9. The normalized spacial score (nSPS) is 21.8. The molecule has 0 aromatic heterocycles. The van der Waals surface area contributed by atoms with E-state index in [4.69, 9.17) is 15.9 Å². The summed E-state index contributed by atoms with van der Waals surface area (Å²) in [4.78, 5) is 13.2. The molecule has 4 aliphatic rings. The molecule has 2 aliphatic carbocycles. The van der Waals surface area contributed by atoms with Gasteiger partial charge >= 0.3 is 5.97 Å². The Bertz CT molecular complexity index is 1610. The Morgan fingerprint density at radius 3 is 2.67 bits per heavy atom. The molecule has 1 atom stereocenters. The summed E-state index contributed by atoms with van der Waals surface area (Å²) in [5.41, 5.74) is 4.31. The van der Waals surface area contributed by atoms with Crippen molar-refractivity contribution >= 4 is 11.7 Å². The van der Waals surface area contributed by atoms with E-state index in [9.17, 15) is 4.79 Å². The first-order valence-electron chi connectivity index (χ1n) is 13.6. The van der Waals surface area contributed by atoms with Gasteiger partial charge in [-0.2, -0.15) is 0 Å². The Morgan fingerprint density at radius 1 is 0.975 bits per heavy atom. The van der Waals surface area contributed by atoms with Crippen molar-refractivity contribution in [3.05, 3.63) is 143 Å². The lowest BCUT2D eigenvalue weighted by molar-refractivity contribution is 0.0218. The fourth-order valence-corrected chi connectivity index (χ4v) is 5.43. The number of ether oxygens (including phenoxy) is 2. The number of benzene rings is 2. The molecule has 0 bridgehead atoms. The van der Waals surface area contributed by atoms with Crippen LogP contribution in [0.25, 0.3) is 0 Å². The molecular weight excluding hydrogens is 496 g/mol. The Hall–Kier alpha value is -4.95. The van der Waals surface area contributed by atoms with Crippen LogP contribution < -0.4 is 15.4 Å². The van der Waals surface area contributed by atoms with Crippen LogP contribution in [-0.4, -0.2) is 12.5 Å². The Balaban J connectivity index is 1.39. The lowest BCUT2D eigenvalue weighted by Gasteiger charge is -2.36. The third kappa shape index (κ3) is 4.69. The maximum Gasteiger partial charge on any atom is 0.340 e. The highest BCUT2D eigenvalue weighted by atomic mass is 16.6. The van der Waals surface area contributed by atoms with Crippen LogP contribution >= 0.6 is 0 Å². The van der Waals surface area contributed by atoms with E-state index in [0.29, 0.717) is 29.2 Å². The van der Waals surface area contributed by atoms with Crippen molar-refractivity contribution in [2.45, 2.75) is 31.3 Å². The molecular formula is C35H30N2O3. The number of esters is 1. The van der Waals surface area contributed by atoms with Gasteiger partial charge in [-0.25, -0.2) is 4.79 Å². The number of terminal acetylenes is 1. The van der Waals surface area contributed by atoms with E-state index < -0.39 is 5.60 Å². The molecule has 6 rings (SSSR count). The highest BCUT2D eigenvalue weighted by molar-refractivity contribution is 5.97. The number of rotatable bonds is 6. The van der Waals surface area contributed by atoms with Crippen LogP contribution in [0.4, 0.5) is 5.69 Å². The summed E-state index contributed by atoms with van der Waals surface area (Å²) >= 11 is 0. The summed E-state index contributed by atoms with van der Waals surface area (Å²) < 4.78 is 12.6. The summed E-state index contributed by atoms with van der Waals surface area (Å²) in [5, 5.41) is 6.87. The van der Waals surface area contributed by atoms with Gasteiger partial charge < -0.3 is 20.1 Å². The zero-order valence-corrected chi connectivity index (χ0v) is 22.2. The minimum Gasteiger partial charge on any atom is -0.447 e. The van der Waals surface area contributed by atoms with Gasteiger partial charge in [-0.1, -0.05) is 60.7 Å². The van der Waals surface area contributed by atoms with E-state index in [0.717, 1.165) is 53.9 Å². The van der Waals surface area contributed by atoms with Crippen LogP contribution in [-0.2, 0) is 10.3 Å². The molecule has 2 aromatic rings. The molecule has 1 unspecified atom stereocenters. The molecule has 2 aromatic carbocycles. The van der Waals surface area contributed by atoms with Gasteiger partial charge in [-0.15, -0.1) is 6.42 Å². The molecule has 2 heterocycles. The molecule has 40 heavy (non-hydrogen) atoms. The van der Waals surface area contributed by atoms with Crippen molar-refractivity contribution in [3.8, 4) is 18.1 Å². The summed E-state index contributed by atoms with van der Waals surface area (Å²) in [7, 11) is 0. The first kappa shape index (κ1) is 25.3. The molecule has 5 nitrogen and oxygen atoms in total. The van der Waals surface area contributed by atoms with Crippen LogP contribution in [0, 0.1) is 12.3 Å². The van der Waals surface area contributed by atoms with Crippen LogP contribution in [0.5, 0.6) is 5.75 Å². The number of carbonyl (C=O) groups is 1. The van der Waals surface area contributed by atoms with E-state index in [2.05, 4.69) is 65.2 Å². The SMILES string of the molecule is C#CC1=C(/C=C\CNC2=C/C=C\CCC=C2)C2(OC(=O)c3ccccc32)c2ccc(NC3=CCCC=C3)cc2O1. The lowest BCUT2D eigenvalue weighted by Crippen LogP contribution is -2.35. The fraction of sp³-hybridized carbons (Fsp3) is 0.171. The topological polar surface area (TPSA) is 59.6 Å². The van der Waals surface area contributed by atoms with Gasteiger partial charge in [-0.3, -0.25) is 0 Å². The van der Waals surface area contributed by atoms with Crippen LogP contribution in [0.1, 0.15) is 47.2 Å². The number of carbonyl (C=O) groups excluding carboxylic acids is 1. The average molecular weight is 527 g/mol. The Kier molecular flexibility index (Phi) is 6.99. The smallest absolute Gasteiger partial charge is 0.340 e. The predicted octanol–water partition coefficient (Wildman–Crippen LogP) is 6.96. The van der Waals surface area contributed by atoms with Crippen LogP contribution in [0.3, 0.4) is 0 Å². The van der Waals surface area contributed by atoms with Gasteiger partial charge in [0, 0.05) is 40.8 Å². The first-order valence-corrected chi connectivity index (χ1v) is 13.6. The van der Waals surface area contributed by atoms with Gasteiger partial charge in [0.1, 0.15) is 5.75 Å². The van der Waals surface area contributed by atoms with Gasteiger partial charge in [-0.05, 0) is 68.0 Å². The Labute approximate surface area is 235 Å². The molecule has 2 N–H and O–H groups in total. The molecule has 1 spiro atoms. The summed E-state index contributed by atoms with van der Waals surface area (Å²) in [5.74, 6) is 3.19. The molecule has 0 saturated carbocycles. The maximum atomic E-state index is 13.2. The van der Waals surface area contributed by atoms with Crippen molar-refractivity contribution in [3.63, 3.8) is 0 Å². The van der Waals surface area contributed by atoms with Crippen molar-refractivity contribution in [1.82, 2.24) is 5.32 Å². The molecule has 198 valence electrons. The van der Waals surface area contributed by atoms with E-state index in [1.54, 1.807) is 6.07 Å². The molecule has 2 aliphatic heterocycles. The third-order valence-corrected chi connectivity index (χ3v) is 7.30. The predicted molar refractivity (Wildman–Crippen MR) is 158 cm³/mol. The van der Waals surface area contributed by atoms with Gasteiger partial charge in [0.2, 0.25) is 0 Å². The quantitative estimate of drug-likeness (QED) is 0.315. The Morgan fingerprint density at radius 2 is 1.80 bits per heavy atom. The zero-order chi connectivity index (χ0) is 27.4. The van der Waals surface area contributed by atoms with E-state index >= 15 is 0 Å². The van der Waals surface area contributed by atoms with Gasteiger partial charge in [0.05, 0.1) is 11.1 Å². The second kappa shape index (κ2) is 11.0. The number of anilines is 1. The van der Waals surface area contributed by atoms with Gasteiger partial charge in [0.25, 0.3) is 0 Å². The number of fused-ring (bicyclic) bond motifs is 4. The monoisotopic (exact) mass is 526 g/mol. The summed E-state index contributed by atoms with van der Waals surface area (Å²) in [6.45, 7) is 0.551. The highest BCUT2D eigenvalue weighted by Gasteiger charge is 2.54. The second-order valence-electron chi connectivity index (χ2n) is 9.89. The van der Waals surface area contributed by atoms with Gasteiger partial charge in [0.15, 0.2) is 11.4 Å². The number of hydrogen-bond acceptors (Lipinski definition) is 5. The molecule has 0 radical (unpaired) electrons. The van der Waals surface area contributed by atoms with E-state index in [-0.39, 0.29) is 5.97 Å². The molecule has 0 fully saturated rings. The van der Waals surface area contributed by atoms with Crippen molar-refractivity contribution in [1.29, 1.82) is 0 Å². The van der Waals surface area contributed by atoms with Crippen molar-refractivity contribution in [2.75, 3.05) is 11.9 Å². The fourth-order valence-electron chi connectivity index (χ4n) is 5.43. The van der Waals surface area contributed by atoms with E-state index in [1.807, 2.05) is 48.6 Å². The minimum atomic E-state index is -1.22. The zero-order valence-electron chi connectivity index (χ0n) is 22.2.